The van der Waals surface area contributed by atoms with Crippen LogP contribution in [0.3, 0.4) is 0 Å². The van der Waals surface area contributed by atoms with Gasteiger partial charge in [0.15, 0.2) is 0 Å². The molecule has 0 aromatic heterocycles. The Labute approximate surface area is 249 Å². The second-order valence-corrected chi connectivity index (χ2v) is 13.2. The fourth-order valence-electron chi connectivity index (χ4n) is 4.82. The van der Waals surface area contributed by atoms with E-state index in [1.807, 2.05) is 0 Å². The highest BCUT2D eigenvalue weighted by atomic mass is 79.9. The number of carbonyl (C=O) groups is 2. The highest BCUT2D eigenvalue weighted by Crippen LogP contribution is 2.27. The van der Waals surface area contributed by atoms with Gasteiger partial charge in [0.1, 0.15) is 12.6 Å². The average molecular weight is 647 g/mol. The number of carbonyl (C=O) groups excluding carboxylic acids is 2. The number of nitrogens with zero attached hydrogens (tertiary/aromatic N) is 2. The lowest BCUT2D eigenvalue weighted by Crippen LogP contribution is -2.53. The monoisotopic (exact) mass is 645 g/mol. The van der Waals surface area contributed by atoms with Gasteiger partial charge in [0.25, 0.3) is 10.0 Å². The van der Waals surface area contributed by atoms with Crippen LogP contribution >= 0.6 is 27.5 Å². The van der Waals surface area contributed by atoms with Crippen molar-refractivity contribution in [1.29, 1.82) is 0 Å². The lowest BCUT2D eigenvalue weighted by atomic mass is 9.95. The summed E-state index contributed by atoms with van der Waals surface area (Å²) in [4.78, 5) is 28.9. The zero-order chi connectivity index (χ0) is 28.7. The molecule has 212 valence electrons. The number of rotatable bonds is 10. The van der Waals surface area contributed by atoms with Gasteiger partial charge in [-0.1, -0.05) is 83.2 Å². The first kappa shape index (κ1) is 30.1. The van der Waals surface area contributed by atoms with Crippen LogP contribution in [0.1, 0.15) is 44.6 Å². The molecule has 0 heterocycles. The fourth-order valence-corrected chi connectivity index (χ4v) is 6.76. The first-order valence-corrected chi connectivity index (χ1v) is 15.9. The summed E-state index contributed by atoms with van der Waals surface area (Å²) in [7, 11) is -4.10. The molecule has 3 aromatic carbocycles. The van der Waals surface area contributed by atoms with Crippen molar-refractivity contribution in [2.45, 2.75) is 62.6 Å². The van der Waals surface area contributed by atoms with E-state index in [2.05, 4.69) is 21.2 Å². The van der Waals surface area contributed by atoms with Gasteiger partial charge < -0.3 is 10.2 Å². The molecule has 1 saturated carbocycles. The number of amides is 2. The minimum Gasteiger partial charge on any atom is -0.352 e. The van der Waals surface area contributed by atoms with E-state index in [0.29, 0.717) is 15.2 Å². The third-order valence-corrected chi connectivity index (χ3v) is 9.62. The van der Waals surface area contributed by atoms with Crippen LogP contribution in [0, 0.1) is 0 Å². The minimum atomic E-state index is -4.10. The Morgan fingerprint density at radius 1 is 0.975 bits per heavy atom. The topological polar surface area (TPSA) is 86.8 Å². The van der Waals surface area contributed by atoms with Crippen LogP contribution in [-0.2, 0) is 26.2 Å². The van der Waals surface area contributed by atoms with Crippen molar-refractivity contribution in [2.24, 2.45) is 0 Å². The number of benzene rings is 3. The summed E-state index contributed by atoms with van der Waals surface area (Å²) in [6.07, 6.45) is 5.10. The molecule has 1 fully saturated rings. The fraction of sp³-hybridized carbons (Fsp3) is 0.333. The van der Waals surface area contributed by atoms with Crippen LogP contribution in [0.4, 0.5) is 5.69 Å². The minimum absolute atomic E-state index is 0.0649. The summed E-state index contributed by atoms with van der Waals surface area (Å²) < 4.78 is 29.4. The maximum atomic E-state index is 14.0. The number of nitrogens with one attached hydrogen (secondary N) is 1. The van der Waals surface area contributed by atoms with Crippen molar-refractivity contribution in [1.82, 2.24) is 10.2 Å². The lowest BCUT2D eigenvalue weighted by molar-refractivity contribution is -0.139. The zero-order valence-corrected chi connectivity index (χ0v) is 25.5. The largest absolute Gasteiger partial charge is 0.352 e. The first-order valence-electron chi connectivity index (χ1n) is 13.3. The Kier molecular flexibility index (Phi) is 10.3. The van der Waals surface area contributed by atoms with Crippen LogP contribution in [0.25, 0.3) is 0 Å². The molecule has 0 saturated heterocycles. The van der Waals surface area contributed by atoms with Crippen molar-refractivity contribution < 1.29 is 18.0 Å². The van der Waals surface area contributed by atoms with Gasteiger partial charge in [-0.05, 0) is 67.8 Å². The molecule has 1 atom stereocenters. The molecule has 4 rings (SSSR count). The standard InChI is InChI=1S/C30H33BrClN3O4S/c1-22(30(37)33-26-10-4-2-5-11-26)34(20-23-15-17-25(32)18-16-23)29(36)21-35(27-12-8-9-24(31)19-27)40(38,39)28-13-6-3-7-14-28/h3,6-9,12-19,22,26H,2,4-5,10-11,20-21H2,1H3,(H,33,37)/t22-/m1/s1. The third kappa shape index (κ3) is 7.65. The van der Waals surface area contributed by atoms with Crippen LogP contribution in [0.15, 0.2) is 88.2 Å². The van der Waals surface area contributed by atoms with E-state index < -0.39 is 28.5 Å². The SMILES string of the molecule is C[C@H](C(=O)NC1CCCCC1)N(Cc1ccc(Cl)cc1)C(=O)CN(c1cccc(Br)c1)S(=O)(=O)c1ccccc1. The van der Waals surface area contributed by atoms with Gasteiger partial charge in [-0.15, -0.1) is 0 Å². The predicted octanol–water partition coefficient (Wildman–Crippen LogP) is 6.16. The first-order chi connectivity index (χ1) is 19.1. The van der Waals surface area contributed by atoms with Gasteiger partial charge in [-0.2, -0.15) is 0 Å². The number of anilines is 1. The molecule has 0 aliphatic heterocycles. The number of halogens is 2. The smallest absolute Gasteiger partial charge is 0.264 e. The molecular weight excluding hydrogens is 614 g/mol. The number of sulfonamides is 1. The van der Waals surface area contributed by atoms with Crippen molar-refractivity contribution >= 4 is 55.1 Å². The molecular formula is C30H33BrClN3O4S. The Morgan fingerprint density at radius 2 is 1.65 bits per heavy atom. The van der Waals surface area contributed by atoms with Gasteiger partial charge in [0.05, 0.1) is 10.6 Å². The summed E-state index contributed by atoms with van der Waals surface area (Å²) in [5.74, 6) is -0.755. The van der Waals surface area contributed by atoms with E-state index in [4.69, 9.17) is 11.6 Å². The molecule has 2 amide bonds. The molecule has 0 unspecified atom stereocenters. The van der Waals surface area contributed by atoms with E-state index in [0.717, 1.165) is 42.0 Å². The normalized spacial score (nSPS) is 14.8. The molecule has 40 heavy (non-hydrogen) atoms. The van der Waals surface area contributed by atoms with E-state index in [9.17, 15) is 18.0 Å². The predicted molar refractivity (Wildman–Crippen MR) is 162 cm³/mol. The Morgan fingerprint density at radius 3 is 2.30 bits per heavy atom. The van der Waals surface area contributed by atoms with Crippen molar-refractivity contribution in [3.63, 3.8) is 0 Å². The van der Waals surface area contributed by atoms with Crippen LogP contribution in [0.5, 0.6) is 0 Å². The summed E-state index contributed by atoms with van der Waals surface area (Å²) >= 11 is 9.48. The molecule has 10 heteroatoms. The van der Waals surface area contributed by atoms with Crippen molar-refractivity contribution in [3.05, 3.63) is 93.9 Å². The summed E-state index contributed by atoms with van der Waals surface area (Å²) in [5.41, 5.74) is 1.10. The molecule has 0 radical (unpaired) electrons. The van der Waals surface area contributed by atoms with Crippen molar-refractivity contribution in [2.75, 3.05) is 10.8 Å². The highest BCUT2D eigenvalue weighted by molar-refractivity contribution is 9.10. The quantitative estimate of drug-likeness (QED) is 0.286. The van der Waals surface area contributed by atoms with E-state index in [-0.39, 0.29) is 23.4 Å². The zero-order valence-electron chi connectivity index (χ0n) is 22.3. The summed E-state index contributed by atoms with van der Waals surface area (Å²) in [6, 6.07) is 21.1. The van der Waals surface area contributed by atoms with Gasteiger partial charge in [0, 0.05) is 22.1 Å². The molecule has 0 spiro atoms. The van der Waals surface area contributed by atoms with Crippen LogP contribution in [0.2, 0.25) is 5.02 Å². The van der Waals surface area contributed by atoms with Gasteiger partial charge >= 0.3 is 0 Å². The van der Waals surface area contributed by atoms with Crippen LogP contribution in [-0.4, -0.2) is 43.8 Å². The van der Waals surface area contributed by atoms with Gasteiger partial charge in [-0.3, -0.25) is 13.9 Å². The highest BCUT2D eigenvalue weighted by Gasteiger charge is 2.33. The molecule has 1 aliphatic carbocycles. The molecule has 1 N–H and O–H groups in total. The maximum Gasteiger partial charge on any atom is 0.264 e. The second-order valence-electron chi connectivity index (χ2n) is 9.97. The number of hydrogen-bond acceptors (Lipinski definition) is 4. The summed E-state index contributed by atoms with van der Waals surface area (Å²) in [5, 5.41) is 3.66. The van der Waals surface area contributed by atoms with E-state index >= 15 is 0 Å². The Balaban J connectivity index is 1.66. The molecule has 3 aromatic rings. The molecule has 1 aliphatic rings. The Bertz CT molecular complexity index is 1410. The molecule has 0 bridgehead atoms. The van der Waals surface area contributed by atoms with Crippen LogP contribution < -0.4 is 9.62 Å². The second kappa shape index (κ2) is 13.7. The maximum absolute atomic E-state index is 14.0. The van der Waals surface area contributed by atoms with Gasteiger partial charge in [-0.25, -0.2) is 8.42 Å². The van der Waals surface area contributed by atoms with E-state index in [1.165, 1.54) is 17.0 Å². The van der Waals surface area contributed by atoms with Gasteiger partial charge in [0.2, 0.25) is 11.8 Å². The van der Waals surface area contributed by atoms with E-state index in [1.54, 1.807) is 73.7 Å². The third-order valence-electron chi connectivity index (χ3n) is 7.09. The van der Waals surface area contributed by atoms with Crippen molar-refractivity contribution in [3.8, 4) is 0 Å². The average Bonchev–Trinajstić information content (AvgIpc) is 2.96. The lowest BCUT2D eigenvalue weighted by Gasteiger charge is -2.33. The number of hydrogen-bond donors (Lipinski definition) is 1. The Hall–Kier alpha value is -2.88. The molecule has 7 nitrogen and oxygen atoms in total. The summed E-state index contributed by atoms with van der Waals surface area (Å²) in [6.45, 7) is 1.32.